The third-order valence-electron chi connectivity index (χ3n) is 2.33. The molecule has 1 unspecified atom stereocenters. The van der Waals surface area contributed by atoms with Crippen molar-refractivity contribution in [2.45, 2.75) is 12.2 Å². The SMILES string of the molecule is COc1ccc(N)c(NS(=O)(=O)C(C)C(=O)O)c1. The molecule has 7 nitrogen and oxygen atoms in total. The average molecular weight is 274 g/mol. The fourth-order valence-electron chi connectivity index (χ4n) is 1.13. The molecule has 0 amide bonds. The minimum atomic E-state index is -4.05. The van der Waals surface area contributed by atoms with Gasteiger partial charge in [0.05, 0.1) is 18.5 Å². The summed E-state index contributed by atoms with van der Waals surface area (Å²) in [6.45, 7) is 1.07. The first-order valence-electron chi connectivity index (χ1n) is 4.96. The number of nitrogens with two attached hydrogens (primary N) is 1. The summed E-state index contributed by atoms with van der Waals surface area (Å²) in [6.07, 6.45) is 0. The molecule has 18 heavy (non-hydrogen) atoms. The Balaban J connectivity index is 3.07. The Morgan fingerprint density at radius 3 is 2.61 bits per heavy atom. The lowest BCUT2D eigenvalue weighted by Crippen LogP contribution is -2.32. The Morgan fingerprint density at radius 1 is 1.50 bits per heavy atom. The quantitative estimate of drug-likeness (QED) is 0.672. The van der Waals surface area contributed by atoms with E-state index in [0.717, 1.165) is 6.92 Å². The molecule has 0 aliphatic heterocycles. The molecule has 0 saturated carbocycles. The first kappa shape index (κ1) is 14.1. The third-order valence-corrected chi connectivity index (χ3v) is 3.96. The molecule has 1 aromatic carbocycles. The fourth-order valence-corrected chi connectivity index (χ4v) is 2.05. The molecule has 0 radical (unpaired) electrons. The summed E-state index contributed by atoms with van der Waals surface area (Å²) in [4.78, 5) is 10.7. The van der Waals surface area contributed by atoms with Crippen molar-refractivity contribution in [1.29, 1.82) is 0 Å². The van der Waals surface area contributed by atoms with Crippen LogP contribution in [-0.2, 0) is 14.8 Å². The van der Waals surface area contributed by atoms with Gasteiger partial charge in [-0.2, -0.15) is 0 Å². The second-order valence-electron chi connectivity index (χ2n) is 3.58. The highest BCUT2D eigenvalue weighted by atomic mass is 32.2. The number of carboxylic acid groups (broad SMARTS) is 1. The fraction of sp³-hybridized carbons (Fsp3) is 0.300. The number of carbonyl (C=O) groups is 1. The van der Waals surface area contributed by atoms with Gasteiger partial charge in [0.2, 0.25) is 10.0 Å². The first-order chi connectivity index (χ1) is 8.27. The van der Waals surface area contributed by atoms with E-state index in [2.05, 4.69) is 4.72 Å². The maximum atomic E-state index is 11.7. The van der Waals surface area contributed by atoms with Gasteiger partial charge in [-0.05, 0) is 19.1 Å². The first-order valence-corrected chi connectivity index (χ1v) is 6.50. The van der Waals surface area contributed by atoms with E-state index in [-0.39, 0.29) is 11.4 Å². The van der Waals surface area contributed by atoms with Crippen LogP contribution in [0, 0.1) is 0 Å². The van der Waals surface area contributed by atoms with Gasteiger partial charge in [0.1, 0.15) is 5.75 Å². The largest absolute Gasteiger partial charge is 0.497 e. The number of anilines is 2. The van der Waals surface area contributed by atoms with Crippen molar-refractivity contribution < 1.29 is 23.1 Å². The van der Waals surface area contributed by atoms with Crippen LogP contribution in [0.15, 0.2) is 18.2 Å². The summed E-state index contributed by atoms with van der Waals surface area (Å²) in [6, 6.07) is 4.40. The smallest absolute Gasteiger partial charge is 0.323 e. The van der Waals surface area contributed by atoms with Crippen LogP contribution in [0.2, 0.25) is 0 Å². The summed E-state index contributed by atoms with van der Waals surface area (Å²) in [5.41, 5.74) is 5.86. The van der Waals surface area contributed by atoms with Crippen LogP contribution in [0.5, 0.6) is 5.75 Å². The Labute approximate surface area is 105 Å². The van der Waals surface area contributed by atoms with E-state index in [9.17, 15) is 13.2 Å². The van der Waals surface area contributed by atoms with Gasteiger partial charge in [-0.25, -0.2) is 8.42 Å². The van der Waals surface area contributed by atoms with E-state index in [1.54, 1.807) is 6.07 Å². The molecule has 0 aliphatic carbocycles. The maximum absolute atomic E-state index is 11.7. The number of rotatable bonds is 5. The Hall–Kier alpha value is -1.96. The molecule has 100 valence electrons. The molecule has 0 bridgehead atoms. The number of methoxy groups -OCH3 is 1. The number of carboxylic acids is 1. The van der Waals surface area contributed by atoms with Crippen molar-refractivity contribution in [2.75, 3.05) is 17.6 Å². The van der Waals surface area contributed by atoms with Crippen molar-refractivity contribution in [1.82, 2.24) is 0 Å². The lowest BCUT2D eigenvalue weighted by molar-refractivity contribution is -0.136. The van der Waals surface area contributed by atoms with Crippen LogP contribution < -0.4 is 15.2 Å². The second kappa shape index (κ2) is 5.13. The Bertz CT molecular complexity index is 555. The van der Waals surface area contributed by atoms with Gasteiger partial charge in [-0.15, -0.1) is 0 Å². The Morgan fingerprint density at radius 2 is 2.11 bits per heavy atom. The zero-order valence-corrected chi connectivity index (χ0v) is 10.7. The monoisotopic (exact) mass is 274 g/mol. The highest BCUT2D eigenvalue weighted by Crippen LogP contribution is 2.25. The van der Waals surface area contributed by atoms with Crippen LogP contribution in [0.4, 0.5) is 11.4 Å². The number of benzene rings is 1. The zero-order valence-electron chi connectivity index (χ0n) is 9.88. The predicted octanol–water partition coefficient (Wildman–Crippen LogP) is 0.492. The minimum Gasteiger partial charge on any atom is -0.497 e. The number of nitrogens with one attached hydrogen (secondary N) is 1. The highest BCUT2D eigenvalue weighted by molar-refractivity contribution is 7.94. The van der Waals surface area contributed by atoms with Crippen molar-refractivity contribution in [3.05, 3.63) is 18.2 Å². The van der Waals surface area contributed by atoms with Gasteiger partial charge in [0.15, 0.2) is 5.25 Å². The van der Waals surface area contributed by atoms with E-state index >= 15 is 0 Å². The van der Waals surface area contributed by atoms with Crippen LogP contribution >= 0.6 is 0 Å². The van der Waals surface area contributed by atoms with Crippen molar-refractivity contribution in [3.8, 4) is 5.75 Å². The van der Waals surface area contributed by atoms with E-state index in [1.165, 1.54) is 19.2 Å². The number of hydrogen-bond donors (Lipinski definition) is 3. The van der Waals surface area contributed by atoms with Crippen molar-refractivity contribution in [3.63, 3.8) is 0 Å². The van der Waals surface area contributed by atoms with Gasteiger partial charge < -0.3 is 15.6 Å². The number of sulfonamides is 1. The molecule has 8 heteroatoms. The highest BCUT2D eigenvalue weighted by Gasteiger charge is 2.28. The van der Waals surface area contributed by atoms with Gasteiger partial charge in [0, 0.05) is 6.07 Å². The summed E-state index contributed by atoms with van der Waals surface area (Å²) < 4.78 is 30.5. The molecule has 0 saturated heterocycles. The second-order valence-corrected chi connectivity index (χ2v) is 5.58. The molecular weight excluding hydrogens is 260 g/mol. The van der Waals surface area contributed by atoms with E-state index in [0.29, 0.717) is 5.75 Å². The number of nitrogen functional groups attached to an aromatic ring is 1. The molecule has 0 spiro atoms. The zero-order chi connectivity index (χ0) is 13.9. The topological polar surface area (TPSA) is 119 Å². The summed E-state index contributed by atoms with van der Waals surface area (Å²) in [5.74, 6) is -1.03. The lowest BCUT2D eigenvalue weighted by Gasteiger charge is -2.13. The van der Waals surface area contributed by atoms with E-state index in [4.69, 9.17) is 15.6 Å². The molecule has 0 heterocycles. The van der Waals surface area contributed by atoms with E-state index < -0.39 is 21.2 Å². The molecular formula is C10H14N2O5S. The van der Waals surface area contributed by atoms with Gasteiger partial charge in [-0.1, -0.05) is 0 Å². The molecule has 0 aliphatic rings. The molecule has 1 atom stereocenters. The molecule has 4 N–H and O–H groups in total. The van der Waals surface area contributed by atoms with Gasteiger partial charge in [0.25, 0.3) is 0 Å². The molecule has 1 rings (SSSR count). The predicted molar refractivity (Wildman–Crippen MR) is 67.0 cm³/mol. The lowest BCUT2D eigenvalue weighted by atomic mass is 10.2. The van der Waals surface area contributed by atoms with Crippen LogP contribution in [0.3, 0.4) is 0 Å². The molecule has 0 fully saturated rings. The van der Waals surface area contributed by atoms with Crippen molar-refractivity contribution >= 4 is 27.4 Å². The third kappa shape index (κ3) is 3.04. The number of hydrogen-bond acceptors (Lipinski definition) is 5. The maximum Gasteiger partial charge on any atom is 0.323 e. The summed E-state index contributed by atoms with van der Waals surface area (Å²) >= 11 is 0. The van der Waals surface area contributed by atoms with Crippen molar-refractivity contribution in [2.24, 2.45) is 0 Å². The van der Waals surface area contributed by atoms with E-state index in [1.807, 2.05) is 0 Å². The average Bonchev–Trinajstić information content (AvgIpc) is 2.30. The number of ether oxygens (including phenoxy) is 1. The Kier molecular flexibility index (Phi) is 4.02. The normalized spacial score (nSPS) is 12.8. The molecule has 1 aromatic rings. The van der Waals surface area contributed by atoms with Crippen LogP contribution in [0.1, 0.15) is 6.92 Å². The minimum absolute atomic E-state index is 0.0856. The van der Waals surface area contributed by atoms with Gasteiger partial charge in [-0.3, -0.25) is 9.52 Å². The van der Waals surface area contributed by atoms with Gasteiger partial charge >= 0.3 is 5.97 Å². The number of aliphatic carboxylic acids is 1. The van der Waals surface area contributed by atoms with Crippen LogP contribution in [0.25, 0.3) is 0 Å². The summed E-state index contributed by atoms with van der Waals surface area (Å²) in [7, 11) is -2.62. The molecule has 0 aromatic heterocycles. The van der Waals surface area contributed by atoms with Crippen LogP contribution in [-0.4, -0.2) is 31.9 Å². The standard InChI is InChI=1S/C10H14N2O5S/c1-6(10(13)14)18(15,16)12-9-5-7(17-2)3-4-8(9)11/h3-6,12H,11H2,1-2H3,(H,13,14). The summed E-state index contributed by atoms with van der Waals surface area (Å²) in [5, 5.41) is 7.11.